The van der Waals surface area contributed by atoms with Crippen LogP contribution in [0, 0.1) is 0 Å². The minimum Gasteiger partial charge on any atom is -0.483 e. The fourth-order valence-electron chi connectivity index (χ4n) is 1.99. The highest BCUT2D eigenvalue weighted by Crippen LogP contribution is 2.48. The van der Waals surface area contributed by atoms with Crippen molar-refractivity contribution in [1.82, 2.24) is 0 Å². The molecule has 0 N–H and O–H groups in total. The fraction of sp³-hybridized carbons (Fsp3) is 0.429. The number of carbonyl (C=O) groups is 2. The number of alkyl halides is 1. The van der Waals surface area contributed by atoms with Gasteiger partial charge in [0.1, 0.15) is 22.2 Å². The van der Waals surface area contributed by atoms with E-state index in [-0.39, 0.29) is 19.2 Å². The van der Waals surface area contributed by atoms with Gasteiger partial charge in [0.05, 0.1) is 0 Å². The van der Waals surface area contributed by atoms with E-state index >= 15 is 0 Å². The molecule has 2 bridgehead atoms. The topological polar surface area (TPSA) is 75.0 Å². The summed E-state index contributed by atoms with van der Waals surface area (Å²) in [5, 5.41) is 0. The average Bonchev–Trinajstić information content (AvgIpc) is 3.06. The maximum Gasteiger partial charge on any atom is 0.347 e. The first-order valence-electron chi connectivity index (χ1n) is 6.54. The van der Waals surface area contributed by atoms with E-state index in [0.717, 1.165) is 0 Å². The average molecular weight is 404 g/mol. The monoisotopic (exact) mass is 404 g/mol. The van der Waals surface area contributed by atoms with E-state index in [0.29, 0.717) is 34.6 Å². The normalized spacial score (nSPS) is 16.0. The van der Waals surface area contributed by atoms with Crippen molar-refractivity contribution in [2.75, 3.05) is 13.2 Å². The van der Waals surface area contributed by atoms with E-state index in [1.807, 2.05) is 13.8 Å². The van der Waals surface area contributed by atoms with Gasteiger partial charge < -0.3 is 18.6 Å². The molecule has 2 aromatic heterocycles. The van der Waals surface area contributed by atoms with Gasteiger partial charge in [0.25, 0.3) is 0 Å². The summed E-state index contributed by atoms with van der Waals surface area (Å²) in [6.07, 6.45) is 0.691. The number of hydrogen-bond donors (Lipinski definition) is 0. The number of ether oxygens (including phenoxy) is 3. The van der Waals surface area contributed by atoms with Crippen molar-refractivity contribution in [2.24, 2.45) is 0 Å². The summed E-state index contributed by atoms with van der Waals surface area (Å²) in [5.74, 6) is 0.0192. The molecule has 21 heavy (non-hydrogen) atoms. The highest BCUT2D eigenvalue weighted by molar-refractivity contribution is 14.1. The van der Waals surface area contributed by atoms with E-state index in [4.69, 9.17) is 18.6 Å². The predicted octanol–water partition coefficient (Wildman–Crippen LogP) is 2.93. The smallest absolute Gasteiger partial charge is 0.347 e. The van der Waals surface area contributed by atoms with Crippen molar-refractivity contribution in [3.05, 3.63) is 11.6 Å². The Labute approximate surface area is 134 Å². The van der Waals surface area contributed by atoms with E-state index in [1.165, 1.54) is 0 Å². The number of hydrogen-bond acceptors (Lipinski definition) is 6. The summed E-state index contributed by atoms with van der Waals surface area (Å²) in [6.45, 7) is 4.04. The summed E-state index contributed by atoms with van der Waals surface area (Å²) in [4.78, 5) is 23.2. The minimum atomic E-state index is -0.529. The Hall–Kier alpha value is -1.51. The number of halogens is 1. The summed E-state index contributed by atoms with van der Waals surface area (Å²) in [5.41, 5.74) is 1.33. The molecular formula is C14H13IO6. The lowest BCUT2D eigenvalue weighted by atomic mass is 10.1. The molecule has 112 valence electrons. The lowest BCUT2D eigenvalue weighted by Gasteiger charge is -2.18. The molecule has 0 saturated heterocycles. The van der Waals surface area contributed by atoms with Crippen molar-refractivity contribution in [1.29, 1.82) is 0 Å². The Kier molecular flexibility index (Phi) is 3.46. The Morgan fingerprint density at radius 3 is 2.90 bits per heavy atom. The second-order valence-electron chi connectivity index (χ2n) is 4.94. The number of rotatable bonds is 6. The van der Waals surface area contributed by atoms with Gasteiger partial charge in [-0.25, -0.2) is 4.79 Å². The van der Waals surface area contributed by atoms with Crippen LogP contribution < -0.4 is 9.47 Å². The first-order valence-corrected chi connectivity index (χ1v) is 7.62. The second-order valence-corrected chi connectivity index (χ2v) is 7.32. The molecule has 0 aromatic carbocycles. The number of benzene rings is 1. The zero-order valence-electron chi connectivity index (χ0n) is 11.5. The molecule has 0 amide bonds. The van der Waals surface area contributed by atoms with Gasteiger partial charge in [0.2, 0.25) is 11.5 Å². The van der Waals surface area contributed by atoms with Crippen LogP contribution in [-0.2, 0) is 9.53 Å². The summed E-state index contributed by atoms with van der Waals surface area (Å²) in [6, 6.07) is 1.59. The SMILES string of the molecule is CCC(C)(I)C(=O)OCCOc1c2c3oc1cc3C(=O)O2. The first kappa shape index (κ1) is 14.4. The fourth-order valence-corrected chi connectivity index (χ4v) is 2.14. The molecule has 0 aliphatic carbocycles. The zero-order valence-corrected chi connectivity index (χ0v) is 13.7. The van der Waals surface area contributed by atoms with Gasteiger partial charge in [-0.2, -0.15) is 0 Å². The lowest BCUT2D eigenvalue weighted by molar-refractivity contribution is -0.146. The predicted molar refractivity (Wildman–Crippen MR) is 81.5 cm³/mol. The van der Waals surface area contributed by atoms with Gasteiger partial charge in [-0.3, -0.25) is 4.79 Å². The molecule has 1 aliphatic rings. The quantitative estimate of drug-likeness (QED) is 0.319. The number of esters is 2. The largest absolute Gasteiger partial charge is 0.483 e. The Bertz CT molecular complexity index is 701. The molecule has 0 fully saturated rings. The van der Waals surface area contributed by atoms with E-state index in [1.54, 1.807) is 6.07 Å². The third-order valence-corrected chi connectivity index (χ3v) is 4.64. The molecule has 0 radical (unpaired) electrons. The highest BCUT2D eigenvalue weighted by Gasteiger charge is 2.36. The van der Waals surface area contributed by atoms with Crippen LogP contribution >= 0.6 is 22.6 Å². The molecule has 1 unspecified atom stereocenters. The molecule has 0 spiro atoms. The van der Waals surface area contributed by atoms with Crippen molar-refractivity contribution in [3.8, 4) is 11.5 Å². The van der Waals surface area contributed by atoms with E-state index < -0.39 is 9.39 Å². The number of carbonyl (C=O) groups excluding carboxylic acids is 2. The maximum atomic E-state index is 11.8. The van der Waals surface area contributed by atoms with Crippen LogP contribution in [0.4, 0.5) is 0 Å². The van der Waals surface area contributed by atoms with Crippen LogP contribution in [0.1, 0.15) is 30.6 Å². The zero-order chi connectivity index (χ0) is 15.2. The number of furan rings is 2. The molecule has 1 atom stereocenters. The molecule has 7 heteroatoms. The molecule has 3 heterocycles. The molecule has 3 rings (SSSR count). The summed E-state index contributed by atoms with van der Waals surface area (Å²) < 4.78 is 20.6. The van der Waals surface area contributed by atoms with Crippen LogP contribution in [0.25, 0.3) is 11.2 Å². The number of fused-ring (bicyclic) bond motifs is 1. The molecule has 0 saturated carbocycles. The van der Waals surface area contributed by atoms with Crippen LogP contribution in [0.15, 0.2) is 10.5 Å². The maximum absolute atomic E-state index is 11.8. The highest BCUT2D eigenvalue weighted by atomic mass is 127. The van der Waals surface area contributed by atoms with Crippen LogP contribution in [0.5, 0.6) is 11.5 Å². The summed E-state index contributed by atoms with van der Waals surface area (Å²) in [7, 11) is 0. The lowest BCUT2D eigenvalue weighted by Crippen LogP contribution is -2.30. The van der Waals surface area contributed by atoms with Crippen LogP contribution in [-0.4, -0.2) is 28.6 Å². The minimum absolute atomic E-state index is 0.126. The standard InChI is InChI=1S/C14H13IO6/c1-3-14(2,15)13(17)19-5-4-18-10-8-6-7-9(20-8)11(10)21-12(7)16/h6H,3-5H2,1-2H3. The second kappa shape index (κ2) is 5.04. The van der Waals surface area contributed by atoms with Crippen molar-refractivity contribution in [3.63, 3.8) is 0 Å². The molecular weight excluding hydrogens is 391 g/mol. The van der Waals surface area contributed by atoms with E-state index in [9.17, 15) is 9.59 Å². The molecule has 1 aliphatic heterocycles. The van der Waals surface area contributed by atoms with Crippen LogP contribution in [0.2, 0.25) is 0 Å². The van der Waals surface area contributed by atoms with Crippen molar-refractivity contribution >= 4 is 45.7 Å². The first-order chi connectivity index (χ1) is 9.94. The van der Waals surface area contributed by atoms with Gasteiger partial charge in [-0.15, -0.1) is 0 Å². The van der Waals surface area contributed by atoms with Gasteiger partial charge >= 0.3 is 11.9 Å². The van der Waals surface area contributed by atoms with Crippen molar-refractivity contribution in [2.45, 2.75) is 23.7 Å². The van der Waals surface area contributed by atoms with Crippen molar-refractivity contribution < 1.29 is 28.2 Å². The molecule has 6 nitrogen and oxygen atoms in total. The summed E-state index contributed by atoms with van der Waals surface area (Å²) >= 11 is 2.07. The van der Waals surface area contributed by atoms with Crippen LogP contribution in [0.3, 0.4) is 0 Å². The Morgan fingerprint density at radius 1 is 1.43 bits per heavy atom. The Balaban J connectivity index is 1.55. The Morgan fingerprint density at radius 2 is 2.19 bits per heavy atom. The molecule has 2 aromatic rings. The van der Waals surface area contributed by atoms with Gasteiger partial charge in [-0.05, 0) is 13.3 Å². The van der Waals surface area contributed by atoms with Gasteiger partial charge in [0.15, 0.2) is 11.2 Å². The van der Waals surface area contributed by atoms with E-state index in [2.05, 4.69) is 22.6 Å². The third kappa shape index (κ3) is 2.33. The van der Waals surface area contributed by atoms with Gasteiger partial charge in [-0.1, -0.05) is 29.5 Å². The van der Waals surface area contributed by atoms with Gasteiger partial charge in [0, 0.05) is 6.07 Å². The third-order valence-electron chi connectivity index (χ3n) is 3.44.